The Labute approximate surface area is 262 Å². The number of aromatic nitrogens is 2. The molecule has 2 atom stereocenters. The number of hydrogen-bond donors (Lipinski definition) is 2. The van der Waals surface area contributed by atoms with Gasteiger partial charge in [-0.25, -0.2) is 0 Å². The van der Waals surface area contributed by atoms with Crippen LogP contribution in [0.4, 0.5) is 11.4 Å². The van der Waals surface area contributed by atoms with Crippen molar-refractivity contribution in [2.24, 2.45) is 0 Å². The summed E-state index contributed by atoms with van der Waals surface area (Å²) in [5.41, 5.74) is 6.81. The molecule has 9 heteroatoms. The van der Waals surface area contributed by atoms with Crippen LogP contribution in [0, 0.1) is 13.8 Å². The van der Waals surface area contributed by atoms with Crippen molar-refractivity contribution >= 4 is 34.6 Å². The van der Waals surface area contributed by atoms with E-state index in [1.54, 1.807) is 13.3 Å². The number of rotatable bonds is 9. The summed E-state index contributed by atoms with van der Waals surface area (Å²) in [4.78, 5) is 19.4. The molecule has 1 saturated heterocycles. The number of pyridine rings is 1. The zero-order chi connectivity index (χ0) is 30.6. The molecular weight excluding hydrogens is 570 g/mol. The monoisotopic (exact) mass is 603 g/mol. The molecular formula is C35H33N5O3S. The van der Waals surface area contributed by atoms with Crippen LogP contribution in [0.3, 0.4) is 0 Å². The fourth-order valence-corrected chi connectivity index (χ4v) is 6.10. The van der Waals surface area contributed by atoms with Crippen molar-refractivity contribution in [1.82, 2.24) is 14.9 Å². The summed E-state index contributed by atoms with van der Waals surface area (Å²) in [7, 11) is 1.68. The van der Waals surface area contributed by atoms with Gasteiger partial charge in [-0.1, -0.05) is 30.3 Å². The Morgan fingerprint density at radius 3 is 2.39 bits per heavy atom. The average Bonchev–Trinajstić information content (AvgIpc) is 3.55. The van der Waals surface area contributed by atoms with Gasteiger partial charge in [0.2, 0.25) is 0 Å². The number of carbonyl (C=O) groups is 1. The highest BCUT2D eigenvalue weighted by Crippen LogP contribution is 2.44. The number of nitrogens with one attached hydrogen (secondary N) is 2. The van der Waals surface area contributed by atoms with Crippen molar-refractivity contribution in [3.63, 3.8) is 0 Å². The standard InChI is InChI=1S/C35H33N5O3S/c1-23-20-30(24(2)39(23)27-10-9-13-29(21-27)42-3)34-33(31-14-7-8-19-36-31)38-35(44)40(34)26-17-15-25(16-18-26)37-32(41)22-43-28-11-5-4-6-12-28/h4-21,33-34H,22H2,1-3H3,(H,37,41)(H,38,44)/t33-,34-/m0/s1. The topological polar surface area (TPSA) is 80.7 Å². The van der Waals surface area contributed by atoms with Crippen molar-refractivity contribution in [3.05, 3.63) is 132 Å². The van der Waals surface area contributed by atoms with Gasteiger partial charge < -0.3 is 29.6 Å². The molecule has 0 radical (unpaired) electrons. The highest BCUT2D eigenvalue weighted by Gasteiger charge is 2.42. The van der Waals surface area contributed by atoms with Crippen LogP contribution in [0.5, 0.6) is 11.5 Å². The molecule has 0 spiro atoms. The number of methoxy groups -OCH3 is 1. The van der Waals surface area contributed by atoms with Crippen LogP contribution in [0.1, 0.15) is 34.7 Å². The van der Waals surface area contributed by atoms with Gasteiger partial charge in [0.1, 0.15) is 11.5 Å². The van der Waals surface area contributed by atoms with Gasteiger partial charge in [0.15, 0.2) is 11.7 Å². The van der Waals surface area contributed by atoms with Crippen molar-refractivity contribution in [2.75, 3.05) is 23.9 Å². The first kappa shape index (κ1) is 28.9. The minimum atomic E-state index is -0.238. The predicted octanol–water partition coefficient (Wildman–Crippen LogP) is 6.69. The van der Waals surface area contributed by atoms with E-state index in [2.05, 4.69) is 46.1 Å². The summed E-state index contributed by atoms with van der Waals surface area (Å²) in [6.45, 7) is 4.16. The Morgan fingerprint density at radius 2 is 1.66 bits per heavy atom. The van der Waals surface area contributed by atoms with E-state index in [0.29, 0.717) is 16.5 Å². The Kier molecular flexibility index (Phi) is 8.29. The van der Waals surface area contributed by atoms with E-state index in [1.807, 2.05) is 91.0 Å². The number of thiocarbonyl (C=S) groups is 1. The summed E-state index contributed by atoms with van der Waals surface area (Å²) >= 11 is 5.95. The number of nitrogens with zero attached hydrogens (tertiary/aromatic N) is 3. The average molecular weight is 604 g/mol. The maximum Gasteiger partial charge on any atom is 0.262 e. The lowest BCUT2D eigenvalue weighted by Crippen LogP contribution is -2.29. The fraction of sp³-hybridized carbons (Fsp3) is 0.171. The lowest BCUT2D eigenvalue weighted by atomic mass is 9.96. The number of ether oxygens (including phenoxy) is 2. The minimum Gasteiger partial charge on any atom is -0.497 e. The number of aryl methyl sites for hydroxylation is 1. The second-order valence-corrected chi connectivity index (χ2v) is 10.9. The third-order valence-electron chi connectivity index (χ3n) is 7.74. The van der Waals surface area contributed by atoms with Crippen LogP contribution in [0.25, 0.3) is 5.69 Å². The first-order chi connectivity index (χ1) is 21.4. The van der Waals surface area contributed by atoms with Gasteiger partial charge in [-0.2, -0.15) is 0 Å². The van der Waals surface area contributed by atoms with Crippen LogP contribution in [0.2, 0.25) is 0 Å². The molecule has 1 amide bonds. The number of benzene rings is 3. The summed E-state index contributed by atoms with van der Waals surface area (Å²) in [5, 5.41) is 7.05. The second kappa shape index (κ2) is 12.6. The Morgan fingerprint density at radius 1 is 0.909 bits per heavy atom. The highest BCUT2D eigenvalue weighted by atomic mass is 32.1. The van der Waals surface area contributed by atoms with E-state index < -0.39 is 0 Å². The molecule has 1 fully saturated rings. The Bertz CT molecular complexity index is 1770. The van der Waals surface area contributed by atoms with E-state index in [1.165, 1.54) is 0 Å². The molecule has 0 unspecified atom stereocenters. The normalized spacial score (nSPS) is 16.0. The first-order valence-corrected chi connectivity index (χ1v) is 14.8. The van der Waals surface area contributed by atoms with Crippen LogP contribution < -0.4 is 25.0 Å². The number of hydrogen-bond acceptors (Lipinski definition) is 5. The van der Waals surface area contributed by atoms with Crippen LogP contribution in [-0.4, -0.2) is 34.3 Å². The quantitative estimate of drug-likeness (QED) is 0.182. The van der Waals surface area contributed by atoms with E-state index in [4.69, 9.17) is 26.7 Å². The molecule has 0 aliphatic carbocycles. The van der Waals surface area contributed by atoms with Crippen LogP contribution in [0.15, 0.2) is 109 Å². The Hall–Kier alpha value is -5.15. The lowest BCUT2D eigenvalue weighted by Gasteiger charge is -2.28. The van der Waals surface area contributed by atoms with Gasteiger partial charge in [0.25, 0.3) is 5.91 Å². The Balaban J connectivity index is 1.31. The molecule has 2 N–H and O–H groups in total. The van der Waals surface area contributed by atoms with E-state index in [-0.39, 0.29) is 24.6 Å². The number of amides is 1. The third-order valence-corrected chi connectivity index (χ3v) is 8.06. The van der Waals surface area contributed by atoms with Crippen LogP contribution in [-0.2, 0) is 4.79 Å². The number of carbonyl (C=O) groups excluding carboxylic acids is 1. The molecule has 1 aliphatic rings. The lowest BCUT2D eigenvalue weighted by molar-refractivity contribution is -0.118. The first-order valence-electron chi connectivity index (χ1n) is 14.3. The summed E-state index contributed by atoms with van der Waals surface area (Å²) in [6, 6.07) is 32.8. The van der Waals surface area contributed by atoms with Gasteiger partial charge >= 0.3 is 0 Å². The van der Waals surface area contributed by atoms with Crippen LogP contribution >= 0.6 is 12.2 Å². The van der Waals surface area contributed by atoms with E-state index in [9.17, 15) is 4.79 Å². The summed E-state index contributed by atoms with van der Waals surface area (Å²) in [6.07, 6.45) is 1.80. The molecule has 3 heterocycles. The van der Waals surface area contributed by atoms with Crippen molar-refractivity contribution in [2.45, 2.75) is 25.9 Å². The highest BCUT2D eigenvalue weighted by molar-refractivity contribution is 7.80. The molecule has 8 nitrogen and oxygen atoms in total. The second-order valence-electron chi connectivity index (χ2n) is 10.6. The molecule has 222 valence electrons. The number of anilines is 2. The minimum absolute atomic E-state index is 0.0807. The third kappa shape index (κ3) is 5.87. The molecule has 0 saturated carbocycles. The van der Waals surface area contributed by atoms with Gasteiger partial charge in [-0.3, -0.25) is 9.78 Å². The molecule has 0 bridgehead atoms. The molecule has 6 rings (SSSR count). The molecule has 2 aromatic heterocycles. The molecule has 1 aliphatic heterocycles. The van der Waals surface area contributed by atoms with Gasteiger partial charge in [0, 0.05) is 40.7 Å². The predicted molar refractivity (Wildman–Crippen MR) is 177 cm³/mol. The maximum absolute atomic E-state index is 12.6. The van der Waals surface area contributed by atoms with E-state index >= 15 is 0 Å². The van der Waals surface area contributed by atoms with Gasteiger partial charge in [-0.15, -0.1) is 0 Å². The fourth-order valence-electron chi connectivity index (χ4n) is 5.75. The van der Waals surface area contributed by atoms with Gasteiger partial charge in [-0.05, 0) is 98.4 Å². The van der Waals surface area contributed by atoms with E-state index in [0.717, 1.165) is 39.8 Å². The van der Waals surface area contributed by atoms with Crippen molar-refractivity contribution in [3.8, 4) is 17.2 Å². The van der Waals surface area contributed by atoms with Crippen molar-refractivity contribution < 1.29 is 14.3 Å². The largest absolute Gasteiger partial charge is 0.497 e. The SMILES string of the molecule is COc1cccc(-n2c(C)cc([C@H]3[C@H](c4ccccn4)NC(=S)N3c3ccc(NC(=O)COc4ccccc4)cc3)c2C)c1. The van der Waals surface area contributed by atoms with Gasteiger partial charge in [0.05, 0.1) is 24.9 Å². The summed E-state index contributed by atoms with van der Waals surface area (Å²) in [5.74, 6) is 1.21. The zero-order valence-corrected chi connectivity index (χ0v) is 25.5. The molecule has 5 aromatic rings. The zero-order valence-electron chi connectivity index (χ0n) is 24.7. The molecule has 44 heavy (non-hydrogen) atoms. The smallest absolute Gasteiger partial charge is 0.262 e. The number of para-hydroxylation sites is 1. The van der Waals surface area contributed by atoms with Crippen molar-refractivity contribution in [1.29, 1.82) is 0 Å². The summed E-state index contributed by atoms with van der Waals surface area (Å²) < 4.78 is 13.3. The maximum atomic E-state index is 12.6. The molecule has 3 aromatic carbocycles.